The Kier molecular flexibility index (Phi) is 28.9. The van der Waals surface area contributed by atoms with Gasteiger partial charge < -0.3 is 93.8 Å². The van der Waals surface area contributed by atoms with Crippen LogP contribution in [0.3, 0.4) is 0 Å². The van der Waals surface area contributed by atoms with Gasteiger partial charge in [0.1, 0.15) is 47.7 Å². The van der Waals surface area contributed by atoms with Gasteiger partial charge in [-0.3, -0.25) is 38.4 Å². The molecule has 137 heavy (non-hydrogen) atoms. The molecule has 0 bridgehead atoms. The van der Waals surface area contributed by atoms with Crippen molar-refractivity contribution in [2.45, 2.75) is 237 Å². The van der Waals surface area contributed by atoms with Gasteiger partial charge in [0, 0.05) is 150 Å². The maximum absolute atomic E-state index is 15.8. The minimum absolute atomic E-state index is 0.132. The van der Waals surface area contributed by atoms with E-state index in [2.05, 4.69) is 130 Å². The quantitative estimate of drug-likeness (QED) is 0.0310. The summed E-state index contributed by atoms with van der Waals surface area (Å²) < 4.78 is 59.4. The zero-order chi connectivity index (χ0) is 96.3. The molecule has 6 aliphatic carbocycles. The molecule has 9 aromatic rings. The topological polar surface area (TPSA) is 356 Å². The molecule has 6 aromatic carbocycles. The molecule has 32 heteroatoms. The van der Waals surface area contributed by atoms with Gasteiger partial charge in [-0.05, 0) is 230 Å². The first-order valence-corrected chi connectivity index (χ1v) is 48.8. The Hall–Kier alpha value is -12.7. The van der Waals surface area contributed by atoms with E-state index in [1.807, 2.05) is 81.7 Å². The number of aryl methyl sites for hydroxylation is 3. The molecule has 1 unspecified atom stereocenters. The van der Waals surface area contributed by atoms with Crippen LogP contribution >= 0.6 is 0 Å². The van der Waals surface area contributed by atoms with Crippen molar-refractivity contribution < 1.29 is 80.1 Å². The van der Waals surface area contributed by atoms with Gasteiger partial charge in [-0.25, -0.2) is 23.7 Å². The first kappa shape index (κ1) is 96.0. The number of aromatic nitrogens is 3. The summed E-state index contributed by atoms with van der Waals surface area (Å²) in [6.07, 6.45) is 15.9. The lowest BCUT2D eigenvalue weighted by Crippen LogP contribution is -2.55. The number of hydrogen-bond donors (Lipinski definition) is 7. The fourth-order valence-corrected chi connectivity index (χ4v) is 19.9. The first-order chi connectivity index (χ1) is 65.8. The molecule has 0 radical (unpaired) electrons. The lowest BCUT2D eigenvalue weighted by molar-refractivity contribution is -0.162. The summed E-state index contributed by atoms with van der Waals surface area (Å²) in [5.74, 6) is -2.88. The minimum atomic E-state index is -0.963. The minimum Gasteiger partial charge on any atom is -0.460 e. The highest BCUT2D eigenvalue weighted by Gasteiger charge is 2.43. The van der Waals surface area contributed by atoms with Crippen LogP contribution in [0.1, 0.15) is 271 Å². The number of halogens is 2. The number of nitrogens with one attached hydrogen (secondary N) is 5. The normalized spacial score (nSPS) is 21.4. The molecule has 9 fully saturated rings. The monoisotopic (exact) mass is 1880 g/mol. The third kappa shape index (κ3) is 23.3. The van der Waals surface area contributed by atoms with Crippen molar-refractivity contribution >= 4 is 98.6 Å². The first-order valence-electron chi connectivity index (χ1n) is 48.8. The molecular formula is C105H127F2N15O15. The number of fused-ring (bicyclic) bond motifs is 1. The highest BCUT2D eigenvalue weighted by molar-refractivity contribution is 6.09. The second-order valence-electron chi connectivity index (χ2n) is 40.3. The molecule has 0 spiro atoms. The third-order valence-electron chi connectivity index (χ3n) is 27.7. The second kappa shape index (κ2) is 41.3. The number of anilines is 9. The number of ether oxygens (including phenoxy) is 2. The Morgan fingerprint density at radius 2 is 0.745 bits per heavy atom. The van der Waals surface area contributed by atoms with E-state index in [-0.39, 0.29) is 87.7 Å². The second-order valence-corrected chi connectivity index (χ2v) is 40.3. The maximum atomic E-state index is 15.8. The van der Waals surface area contributed by atoms with E-state index in [1.54, 1.807) is 11.0 Å². The van der Waals surface area contributed by atoms with E-state index in [4.69, 9.17) is 22.7 Å². The predicted octanol–water partition coefficient (Wildman–Crippen LogP) is 16.1. The number of hydrogen-bond acceptors (Lipinski definition) is 24. The van der Waals surface area contributed by atoms with Gasteiger partial charge >= 0.3 is 11.9 Å². The number of amides is 6. The number of para-hydroxylation sites is 3. The van der Waals surface area contributed by atoms with E-state index in [1.165, 1.54) is 65.4 Å². The predicted molar refractivity (Wildman–Crippen MR) is 518 cm³/mol. The lowest BCUT2D eigenvalue weighted by Gasteiger charge is -2.42. The van der Waals surface area contributed by atoms with E-state index in [0.717, 1.165) is 107 Å². The molecule has 6 amide bonds. The van der Waals surface area contributed by atoms with Crippen LogP contribution < -0.4 is 56.0 Å². The average molecular weight is 1880 g/mol. The Morgan fingerprint density at radius 1 is 0.409 bits per heavy atom. The number of piperazine rings is 3. The van der Waals surface area contributed by atoms with Crippen LogP contribution in [0.25, 0.3) is 0 Å². The number of carbonyl (C=O) groups is 8. The highest BCUT2D eigenvalue weighted by atomic mass is 19.1. The molecule has 7 atom stereocenters. The molecule has 726 valence electrons. The summed E-state index contributed by atoms with van der Waals surface area (Å²) >= 11 is 0. The summed E-state index contributed by atoms with van der Waals surface area (Å²) in [7, 11) is 0. The summed E-state index contributed by atoms with van der Waals surface area (Å²) in [5.41, 5.74) is 10.6. The van der Waals surface area contributed by atoms with Crippen LogP contribution in [-0.4, -0.2) is 204 Å². The van der Waals surface area contributed by atoms with E-state index >= 15 is 8.78 Å². The standard InChI is InChI=1S/2C36H44FN5O5.C33H39N5O5/c2*1-22-8-5-6-11-30(22)41-14-16-42(17-15-41)31-20-27(37)26(19-28(31)39-33(44)29-21-46-34(40-29)23-12-13-23)32(43)38-25-10-7-9-24(18-25)35(45)47-36(2,3)4;1-20-5-2-3-6-26(20)36-13-15-37(16-14-36)28-17-22-11-12-38(27-7-4-8-29(39)30(27)40)33(42)23(22)18-24(28)34-31(41)25-19-43-32(35-25)21-9-10-21/h2*5-6,8,11,19-21,23-25H,7,9-10,12-18H2,1-4H3,(H,38,43)(H,39,44);2-3,5-6,17-19,21,27,29-30,39-40H,4,7-16H2,1H3,(H,34,41)/t24-,25+;24-,25-;27?,29-,30+/m100/s1. The molecule has 30 nitrogen and oxygen atoms in total. The Morgan fingerprint density at radius 3 is 1.09 bits per heavy atom. The average Bonchev–Trinajstić information content (AvgIpc) is 1.09. The van der Waals surface area contributed by atoms with Crippen molar-refractivity contribution in [1.82, 2.24) is 30.5 Å². The Bertz CT molecular complexity index is 5680. The summed E-state index contributed by atoms with van der Waals surface area (Å²) in [6, 6.07) is 33.1. The van der Waals surface area contributed by atoms with Crippen molar-refractivity contribution in [3.05, 3.63) is 213 Å². The smallest absolute Gasteiger partial charge is 0.309 e. The zero-order valence-electron chi connectivity index (χ0n) is 79.7. The Labute approximate surface area is 797 Å². The molecule has 19 rings (SSSR count). The molecule has 3 aromatic heterocycles. The van der Waals surface area contributed by atoms with Gasteiger partial charge in [-0.1, -0.05) is 67.4 Å². The van der Waals surface area contributed by atoms with Crippen molar-refractivity contribution in [3.8, 4) is 0 Å². The van der Waals surface area contributed by atoms with Gasteiger partial charge in [0.05, 0.1) is 69.2 Å². The SMILES string of the molecule is Cc1ccccc1N1CCN(c2cc(F)c(C(=O)N[C@H]3CCC[C@@H](C(=O)OC(C)(C)C)C3)cc2NC(=O)c2coc(C3CC3)n2)CC1.Cc1ccccc1N1CCN(c2cc(F)c(C(=O)N[C@H]3CCC[C@H](C(=O)OC(C)(C)C)C3)cc2NC(=O)c2coc(C3CC3)n2)CC1.Cc1ccccc1N1CCN(c2cc3c(cc2NC(=O)c2coc(C4CC4)n2)C(=O)N(C2CCC[C@H](O)[C@@H]2O)CC3)CC1. The van der Waals surface area contributed by atoms with Crippen molar-refractivity contribution in [2.75, 3.05) is 130 Å². The van der Waals surface area contributed by atoms with E-state index in [9.17, 15) is 48.6 Å². The van der Waals surface area contributed by atoms with Crippen LogP contribution in [0.15, 0.2) is 141 Å². The molecule has 3 saturated heterocycles. The third-order valence-corrected chi connectivity index (χ3v) is 27.7. The van der Waals surface area contributed by atoms with Gasteiger partial charge in [-0.15, -0.1) is 0 Å². The number of aliphatic hydroxyl groups excluding tert-OH is 2. The number of benzene rings is 6. The highest BCUT2D eigenvalue weighted by Crippen LogP contribution is 2.45. The summed E-state index contributed by atoms with van der Waals surface area (Å²) in [5, 5.41) is 35.7. The number of esters is 2. The Balaban J connectivity index is 0.000000143. The lowest BCUT2D eigenvalue weighted by atomic mass is 9.85. The number of oxazole rings is 3. The van der Waals surface area contributed by atoms with Crippen LogP contribution in [0.4, 0.5) is 60.0 Å². The molecule has 4 aliphatic heterocycles. The molecule has 6 saturated carbocycles. The number of nitrogens with zero attached hydrogens (tertiary/aromatic N) is 10. The van der Waals surface area contributed by atoms with Crippen LogP contribution in [0.5, 0.6) is 0 Å². The van der Waals surface area contributed by atoms with Crippen molar-refractivity contribution in [1.29, 1.82) is 0 Å². The van der Waals surface area contributed by atoms with Crippen LogP contribution in [0, 0.1) is 44.2 Å². The van der Waals surface area contributed by atoms with Crippen LogP contribution in [0.2, 0.25) is 0 Å². The van der Waals surface area contributed by atoms with E-state index < -0.39 is 64.7 Å². The number of aliphatic hydroxyl groups is 2. The number of carbonyl (C=O) groups excluding carboxylic acids is 8. The molecule has 10 aliphatic rings. The number of rotatable bonds is 22. The van der Waals surface area contributed by atoms with Gasteiger partial charge in [-0.2, -0.15) is 0 Å². The molecular weight excluding hydrogens is 1750 g/mol. The fourth-order valence-electron chi connectivity index (χ4n) is 19.9. The van der Waals surface area contributed by atoms with Crippen LogP contribution in [-0.2, 0) is 25.5 Å². The van der Waals surface area contributed by atoms with Gasteiger partial charge in [0.15, 0.2) is 34.8 Å². The molecule has 7 N–H and O–H groups in total. The van der Waals surface area contributed by atoms with Crippen molar-refractivity contribution in [3.63, 3.8) is 0 Å². The van der Waals surface area contributed by atoms with E-state index in [0.29, 0.717) is 174 Å². The summed E-state index contributed by atoms with van der Waals surface area (Å²) in [4.78, 5) is 135. The molecule has 7 heterocycles. The van der Waals surface area contributed by atoms with Gasteiger partial charge in [0.25, 0.3) is 35.4 Å². The summed E-state index contributed by atoms with van der Waals surface area (Å²) in [6.45, 7) is 26.1. The van der Waals surface area contributed by atoms with Crippen molar-refractivity contribution in [2.24, 2.45) is 11.8 Å². The maximum Gasteiger partial charge on any atom is 0.309 e. The largest absolute Gasteiger partial charge is 0.460 e. The van der Waals surface area contributed by atoms with Gasteiger partial charge in [0.2, 0.25) is 0 Å². The fraction of sp³-hybridized carbons (Fsp3) is 0.495. The zero-order valence-corrected chi connectivity index (χ0v) is 79.7.